The number of benzene rings is 1. The predicted molar refractivity (Wildman–Crippen MR) is 76.8 cm³/mol. The Morgan fingerprint density at radius 3 is 2.94 bits per heavy atom. The van der Waals surface area contributed by atoms with E-state index in [1.54, 1.807) is 17.0 Å². The van der Waals surface area contributed by atoms with Crippen LogP contribution < -0.4 is 5.73 Å². The topological polar surface area (TPSA) is 46.3 Å². The molecule has 5 heteroatoms. The van der Waals surface area contributed by atoms with Gasteiger partial charge in [-0.2, -0.15) is 0 Å². The zero-order chi connectivity index (χ0) is 13.1. The number of hydrogen-bond acceptors (Lipinski definition) is 2. The number of halogens is 2. The van der Waals surface area contributed by atoms with Gasteiger partial charge in [0.15, 0.2) is 0 Å². The molecule has 0 bridgehead atoms. The van der Waals surface area contributed by atoms with Gasteiger partial charge < -0.3 is 10.6 Å². The highest BCUT2D eigenvalue weighted by atomic mass is 127. The van der Waals surface area contributed by atoms with E-state index in [0.29, 0.717) is 22.2 Å². The number of amides is 1. The average Bonchev–Trinajstić information content (AvgIpc) is 2.41. The fourth-order valence-corrected chi connectivity index (χ4v) is 2.64. The lowest BCUT2D eigenvalue weighted by molar-refractivity contribution is 0.0623. The van der Waals surface area contributed by atoms with E-state index in [0.717, 1.165) is 19.3 Å². The lowest BCUT2D eigenvalue weighted by atomic mass is 10.0. The molecule has 1 amide bonds. The van der Waals surface area contributed by atoms with E-state index in [-0.39, 0.29) is 17.8 Å². The van der Waals surface area contributed by atoms with Crippen LogP contribution in [-0.4, -0.2) is 29.9 Å². The molecular formula is C13H16FIN2O. The van der Waals surface area contributed by atoms with Crippen LogP contribution in [0.25, 0.3) is 0 Å². The van der Waals surface area contributed by atoms with E-state index in [1.165, 1.54) is 6.07 Å². The predicted octanol–water partition coefficient (Wildman–Crippen LogP) is 2.38. The first-order valence-corrected chi connectivity index (χ1v) is 7.17. The van der Waals surface area contributed by atoms with Gasteiger partial charge in [0.25, 0.3) is 5.91 Å². The molecule has 1 aromatic rings. The largest absolute Gasteiger partial charge is 0.334 e. The summed E-state index contributed by atoms with van der Waals surface area (Å²) in [6.45, 7) is 1.19. The third-order valence-corrected chi connectivity index (χ3v) is 4.20. The van der Waals surface area contributed by atoms with E-state index in [1.807, 2.05) is 22.6 Å². The Kier molecular flexibility index (Phi) is 4.55. The average molecular weight is 362 g/mol. The fraction of sp³-hybridized carbons (Fsp3) is 0.462. The van der Waals surface area contributed by atoms with Crippen molar-refractivity contribution in [3.63, 3.8) is 0 Å². The summed E-state index contributed by atoms with van der Waals surface area (Å²) in [4.78, 5) is 14.1. The highest BCUT2D eigenvalue weighted by molar-refractivity contribution is 14.1. The molecule has 2 N–H and O–H groups in total. The number of piperidine rings is 1. The van der Waals surface area contributed by atoms with Crippen LogP contribution in [0, 0.1) is 9.39 Å². The first kappa shape index (κ1) is 13.7. The van der Waals surface area contributed by atoms with Gasteiger partial charge in [0.05, 0.1) is 0 Å². The number of nitrogens with zero attached hydrogens (tertiary/aromatic N) is 1. The summed E-state index contributed by atoms with van der Waals surface area (Å²) >= 11 is 1.91. The number of carbonyl (C=O) groups is 1. The Morgan fingerprint density at radius 2 is 2.28 bits per heavy atom. The zero-order valence-electron chi connectivity index (χ0n) is 10.0. The van der Waals surface area contributed by atoms with Crippen LogP contribution in [0.1, 0.15) is 29.6 Å². The molecule has 0 spiro atoms. The number of carbonyl (C=O) groups excluding carboxylic acids is 1. The Morgan fingerprint density at radius 1 is 1.50 bits per heavy atom. The molecule has 3 nitrogen and oxygen atoms in total. The molecule has 98 valence electrons. The van der Waals surface area contributed by atoms with Gasteiger partial charge in [0.1, 0.15) is 5.82 Å². The Hall–Kier alpha value is -0.690. The highest BCUT2D eigenvalue weighted by Gasteiger charge is 2.26. The van der Waals surface area contributed by atoms with Crippen molar-refractivity contribution in [3.05, 3.63) is 33.1 Å². The Labute approximate surface area is 120 Å². The second kappa shape index (κ2) is 5.97. The second-order valence-electron chi connectivity index (χ2n) is 4.51. The molecule has 0 radical (unpaired) electrons. The molecule has 2 rings (SSSR count). The van der Waals surface area contributed by atoms with Crippen molar-refractivity contribution in [1.82, 2.24) is 4.90 Å². The number of rotatable bonds is 2. The lowest BCUT2D eigenvalue weighted by Gasteiger charge is -2.35. The zero-order valence-corrected chi connectivity index (χ0v) is 12.2. The molecule has 18 heavy (non-hydrogen) atoms. The van der Waals surface area contributed by atoms with Gasteiger partial charge in [0, 0.05) is 28.3 Å². The van der Waals surface area contributed by atoms with Crippen LogP contribution in [0.2, 0.25) is 0 Å². The summed E-state index contributed by atoms with van der Waals surface area (Å²) in [6.07, 6.45) is 3.04. The molecule has 0 aromatic heterocycles. The van der Waals surface area contributed by atoms with Crippen LogP contribution >= 0.6 is 22.6 Å². The van der Waals surface area contributed by atoms with Crippen molar-refractivity contribution in [1.29, 1.82) is 0 Å². The molecule has 1 saturated heterocycles. The third-order valence-electron chi connectivity index (χ3n) is 3.33. The maximum absolute atomic E-state index is 13.5. The minimum Gasteiger partial charge on any atom is -0.334 e. The molecule has 1 heterocycles. The minimum absolute atomic E-state index is 0.0913. The maximum atomic E-state index is 13.5. The summed E-state index contributed by atoms with van der Waals surface area (Å²) in [5, 5.41) is 0. The highest BCUT2D eigenvalue weighted by Crippen LogP contribution is 2.20. The maximum Gasteiger partial charge on any atom is 0.254 e. The van der Waals surface area contributed by atoms with Gasteiger partial charge in [-0.05, 0) is 60.1 Å². The van der Waals surface area contributed by atoms with Gasteiger partial charge >= 0.3 is 0 Å². The van der Waals surface area contributed by atoms with Gasteiger partial charge in [-0.15, -0.1) is 0 Å². The van der Waals surface area contributed by atoms with Crippen LogP contribution in [0.4, 0.5) is 4.39 Å². The number of hydrogen-bond donors (Lipinski definition) is 1. The number of nitrogens with two attached hydrogens (primary N) is 1. The van der Waals surface area contributed by atoms with Crippen molar-refractivity contribution < 1.29 is 9.18 Å². The van der Waals surface area contributed by atoms with Crippen molar-refractivity contribution in [2.24, 2.45) is 5.73 Å². The normalized spacial score (nSPS) is 19.9. The molecule has 1 atom stereocenters. The molecule has 1 aliphatic heterocycles. The molecular weight excluding hydrogens is 346 g/mol. The first-order chi connectivity index (χ1) is 8.63. The molecule has 1 unspecified atom stereocenters. The Bertz CT molecular complexity index is 453. The van der Waals surface area contributed by atoms with E-state index < -0.39 is 0 Å². The standard InChI is InChI=1S/C13H16FIN2O/c14-11-7-9(4-5-12(11)15)13(18)17-6-2-1-3-10(17)8-16/h4-5,7,10H,1-3,6,8,16H2. The fourth-order valence-electron chi connectivity index (χ4n) is 2.31. The van der Waals surface area contributed by atoms with E-state index >= 15 is 0 Å². The molecule has 0 aliphatic carbocycles. The molecule has 1 aliphatic rings. The number of likely N-dealkylation sites (tertiary alicyclic amines) is 1. The van der Waals surface area contributed by atoms with Crippen LogP contribution in [0.3, 0.4) is 0 Å². The Balaban J connectivity index is 2.21. The minimum atomic E-state index is -0.345. The van der Waals surface area contributed by atoms with E-state index in [9.17, 15) is 9.18 Å². The van der Waals surface area contributed by atoms with E-state index in [2.05, 4.69) is 0 Å². The summed E-state index contributed by atoms with van der Waals surface area (Å²) in [7, 11) is 0. The van der Waals surface area contributed by atoms with Crippen molar-refractivity contribution in [2.75, 3.05) is 13.1 Å². The third kappa shape index (κ3) is 2.83. The molecule has 1 aromatic carbocycles. The van der Waals surface area contributed by atoms with Crippen LogP contribution in [0.5, 0.6) is 0 Å². The van der Waals surface area contributed by atoms with Gasteiger partial charge in [0.2, 0.25) is 0 Å². The van der Waals surface area contributed by atoms with Crippen molar-refractivity contribution in [2.45, 2.75) is 25.3 Å². The SMILES string of the molecule is NCC1CCCCN1C(=O)c1ccc(I)c(F)c1. The second-order valence-corrected chi connectivity index (χ2v) is 5.67. The lowest BCUT2D eigenvalue weighted by Crippen LogP contribution is -2.47. The quantitative estimate of drug-likeness (QED) is 0.822. The summed E-state index contributed by atoms with van der Waals surface area (Å²) in [5.41, 5.74) is 6.10. The van der Waals surface area contributed by atoms with Crippen molar-refractivity contribution in [3.8, 4) is 0 Å². The first-order valence-electron chi connectivity index (χ1n) is 6.09. The molecule has 0 saturated carbocycles. The summed E-state index contributed by atoms with van der Waals surface area (Å²) < 4.78 is 14.0. The smallest absolute Gasteiger partial charge is 0.254 e. The van der Waals surface area contributed by atoms with Gasteiger partial charge in [-0.1, -0.05) is 0 Å². The summed E-state index contributed by atoms with van der Waals surface area (Å²) in [6, 6.07) is 4.71. The van der Waals surface area contributed by atoms with Crippen molar-refractivity contribution >= 4 is 28.5 Å². The molecule has 1 fully saturated rings. The monoisotopic (exact) mass is 362 g/mol. The van der Waals surface area contributed by atoms with Gasteiger partial charge in [-0.3, -0.25) is 4.79 Å². The van der Waals surface area contributed by atoms with Crippen LogP contribution in [-0.2, 0) is 0 Å². The van der Waals surface area contributed by atoms with Crippen LogP contribution in [0.15, 0.2) is 18.2 Å². The van der Waals surface area contributed by atoms with Gasteiger partial charge in [-0.25, -0.2) is 4.39 Å². The van der Waals surface area contributed by atoms with E-state index in [4.69, 9.17) is 5.73 Å². The summed E-state index contributed by atoms with van der Waals surface area (Å²) in [5.74, 6) is -0.455.